The molecule has 0 aliphatic carbocycles. The third-order valence-corrected chi connectivity index (χ3v) is 13.8. The summed E-state index contributed by atoms with van der Waals surface area (Å²) in [5.41, 5.74) is 24.2. The van der Waals surface area contributed by atoms with Crippen molar-refractivity contribution >= 4 is 29.2 Å². The molecular formula is C67H121N9S. The lowest BCUT2D eigenvalue weighted by atomic mass is 9.80. The van der Waals surface area contributed by atoms with Gasteiger partial charge >= 0.3 is 0 Å². The van der Waals surface area contributed by atoms with E-state index >= 15 is 0 Å². The van der Waals surface area contributed by atoms with E-state index in [4.69, 9.17) is 16.6 Å². The zero-order valence-corrected chi connectivity index (χ0v) is 54.1. The summed E-state index contributed by atoms with van der Waals surface area (Å²) in [6.07, 6.45) is 20.0. The molecule has 10 heteroatoms. The van der Waals surface area contributed by atoms with E-state index in [9.17, 15) is 0 Å². The summed E-state index contributed by atoms with van der Waals surface area (Å²) in [5.74, 6) is 13.7. The molecule has 1 aromatic carbocycles. The van der Waals surface area contributed by atoms with Crippen molar-refractivity contribution < 1.29 is 0 Å². The van der Waals surface area contributed by atoms with Gasteiger partial charge in [0.25, 0.3) is 0 Å². The highest BCUT2D eigenvalue weighted by atomic mass is 32.1. The molecule has 440 valence electrons. The molecule has 1 atom stereocenters. The Morgan fingerprint density at radius 1 is 0.948 bits per heavy atom. The lowest BCUT2D eigenvalue weighted by Gasteiger charge is -2.41. The molecule has 0 amide bonds. The van der Waals surface area contributed by atoms with Crippen LogP contribution in [-0.2, 0) is 13.0 Å². The van der Waals surface area contributed by atoms with Crippen LogP contribution in [-0.4, -0.2) is 85.0 Å². The molecule has 0 radical (unpaired) electrons. The molecule has 2 aliphatic heterocycles. The molecule has 0 spiro atoms. The van der Waals surface area contributed by atoms with E-state index in [1.807, 2.05) is 34.1 Å². The monoisotopic (exact) mass is 1080 g/mol. The van der Waals surface area contributed by atoms with Crippen LogP contribution in [0.3, 0.4) is 0 Å². The predicted molar refractivity (Wildman–Crippen MR) is 353 cm³/mol. The van der Waals surface area contributed by atoms with Crippen LogP contribution in [0.4, 0.5) is 5.69 Å². The second-order valence-corrected chi connectivity index (χ2v) is 22.1. The Labute approximate surface area is 482 Å². The number of unbranched alkanes of at least 4 members (excludes halogenated alkanes) is 1. The lowest BCUT2D eigenvalue weighted by molar-refractivity contribution is 0.133. The fraction of sp³-hybridized carbons (Fsp3) is 0.627. The van der Waals surface area contributed by atoms with Gasteiger partial charge in [-0.1, -0.05) is 106 Å². The number of benzene rings is 1. The molecule has 2 aromatic heterocycles. The number of pyridine rings is 1. The van der Waals surface area contributed by atoms with Gasteiger partial charge in [-0.05, 0) is 191 Å². The van der Waals surface area contributed by atoms with Crippen molar-refractivity contribution in [3.63, 3.8) is 0 Å². The smallest absolute Gasteiger partial charge is 0.0807 e. The number of aryl methyl sites for hydroxylation is 1. The highest BCUT2D eigenvalue weighted by molar-refractivity contribution is 7.79. The third-order valence-electron chi connectivity index (χ3n) is 13.8. The van der Waals surface area contributed by atoms with Crippen LogP contribution in [0.25, 0.3) is 22.2 Å². The van der Waals surface area contributed by atoms with E-state index in [1.165, 1.54) is 103 Å². The summed E-state index contributed by atoms with van der Waals surface area (Å²) in [6.45, 7) is 58.8. The number of hydrazine groups is 1. The standard InChI is InChI=1S/C31H43N3.C20H35N3.C7H16N2.C3H8.C2H6.C2H4.CH5N.CH4S/c1-7-9-17-31(5,6)22-27-26-21-24(33-19-11-10-12-20-33)15-16-28(26)34(8-2)30(27)25-14-13-18-32-29(25)23(3)4;1-15(2)19(17(4)21)10-9-18-13-23(14-18)16(3)11-12-20(5,6)22(7)8;1-7(2)5-3-4-6-9-8;1-3-2;4*1-2/h7,13-16,18,21,23H,1,8-12,17,19-20,22H2,2-6H3;15,18-19H,3-4,9-10,13-14,21H2,1-2,5-8H3;9H,1,3-6,8H2,2H3;3H2,1-2H3;1-2H3;1-2H2;2H2,1H3;2H,1H3. The van der Waals surface area contributed by atoms with Crippen LogP contribution in [0, 0.1) is 35.0 Å². The fourth-order valence-corrected chi connectivity index (χ4v) is 9.12. The fourth-order valence-electron chi connectivity index (χ4n) is 9.12. The first-order valence-corrected chi connectivity index (χ1v) is 30.1. The van der Waals surface area contributed by atoms with Crippen molar-refractivity contribution in [3.8, 4) is 23.1 Å². The molecule has 2 aliphatic rings. The van der Waals surface area contributed by atoms with E-state index in [0.29, 0.717) is 17.8 Å². The van der Waals surface area contributed by atoms with Crippen LogP contribution >= 0.6 is 12.6 Å². The predicted octanol–water partition coefficient (Wildman–Crippen LogP) is 16.2. The molecule has 3 aromatic rings. The number of likely N-dealkylation sites (tertiary alicyclic amines) is 1. The number of allylic oxidation sites excluding steroid dienone is 4. The number of hydrogen-bond acceptors (Lipinski definition) is 9. The van der Waals surface area contributed by atoms with Crippen LogP contribution in [0.15, 0.2) is 99.0 Å². The number of nitrogens with zero attached hydrogens (tertiary/aromatic N) is 5. The topological polar surface area (TPSA) is 118 Å². The molecule has 7 N–H and O–H groups in total. The van der Waals surface area contributed by atoms with Crippen molar-refractivity contribution in [3.05, 3.63) is 110 Å². The Balaban J connectivity index is -0.00000110. The number of nitrogens with two attached hydrogens (primary N) is 3. The Bertz CT molecular complexity index is 2110. The maximum Gasteiger partial charge on any atom is 0.0807 e. The van der Waals surface area contributed by atoms with Gasteiger partial charge in [0.05, 0.1) is 22.6 Å². The highest BCUT2D eigenvalue weighted by Gasteiger charge is 2.30. The minimum absolute atomic E-state index is 0.126. The first-order chi connectivity index (χ1) is 36.6. The Morgan fingerprint density at radius 2 is 1.53 bits per heavy atom. The number of hydrogen-bond donors (Lipinski definition) is 5. The molecule has 1 unspecified atom stereocenters. The minimum atomic E-state index is -0.126. The van der Waals surface area contributed by atoms with Crippen molar-refractivity contribution in [2.45, 2.75) is 192 Å². The van der Waals surface area contributed by atoms with Crippen molar-refractivity contribution in [2.75, 3.05) is 65.0 Å². The molecule has 0 saturated carbocycles. The maximum atomic E-state index is 5.92. The summed E-state index contributed by atoms with van der Waals surface area (Å²) >= 11 is 3.53. The summed E-state index contributed by atoms with van der Waals surface area (Å²) in [5, 5.41) is 1.42. The van der Waals surface area contributed by atoms with Gasteiger partial charge in [0.1, 0.15) is 0 Å². The first kappa shape index (κ1) is 77.0. The Hall–Kier alpha value is -4.24. The SMILES string of the molecule is C=C.C=C(C)CCCCNN.C=C(N)C(CCC1CN(C(=C)C#CC(C)(C)N(C)C)C1)C(C)C.C=CCCC(C)(C)Cc1c(-c2cccnc2C(C)C)n(CC)c2ccc(N3CCCCC3)cc12.CC.CCC.CN.CS. The average molecular weight is 1080 g/mol. The molecule has 77 heavy (non-hydrogen) atoms. The van der Waals surface area contributed by atoms with E-state index in [2.05, 4.69) is 214 Å². The number of rotatable bonds is 21. The summed E-state index contributed by atoms with van der Waals surface area (Å²) in [6, 6.07) is 11.6. The number of nitrogens with one attached hydrogen (secondary N) is 1. The van der Waals surface area contributed by atoms with Gasteiger partial charge in [-0.2, -0.15) is 12.6 Å². The zero-order valence-electron chi connectivity index (χ0n) is 53.2. The molecule has 2 saturated heterocycles. The van der Waals surface area contributed by atoms with Gasteiger partial charge in [0, 0.05) is 79.2 Å². The molecule has 0 bridgehead atoms. The number of anilines is 1. The van der Waals surface area contributed by atoms with Crippen molar-refractivity contribution in [1.29, 1.82) is 0 Å². The van der Waals surface area contributed by atoms with Gasteiger partial charge in [-0.25, -0.2) is 0 Å². The van der Waals surface area contributed by atoms with Gasteiger partial charge in [-0.3, -0.25) is 21.2 Å². The van der Waals surface area contributed by atoms with Crippen LogP contribution in [0.5, 0.6) is 0 Å². The number of thiol groups is 1. The quantitative estimate of drug-likeness (QED) is 0.0179. The van der Waals surface area contributed by atoms with Crippen LogP contribution < -0.4 is 27.6 Å². The summed E-state index contributed by atoms with van der Waals surface area (Å²) < 4.78 is 2.54. The highest BCUT2D eigenvalue weighted by Crippen LogP contribution is 2.42. The van der Waals surface area contributed by atoms with Crippen LogP contribution in [0.2, 0.25) is 0 Å². The second-order valence-electron chi connectivity index (χ2n) is 22.1. The van der Waals surface area contributed by atoms with Gasteiger partial charge < -0.3 is 25.8 Å². The summed E-state index contributed by atoms with van der Waals surface area (Å²) in [4.78, 5) is 11.8. The zero-order chi connectivity index (χ0) is 59.9. The van der Waals surface area contributed by atoms with Crippen molar-refractivity contribution in [1.82, 2.24) is 24.8 Å². The normalized spacial score (nSPS) is 13.2. The maximum absolute atomic E-state index is 5.92. The number of piperidine rings is 1. The van der Waals surface area contributed by atoms with Gasteiger partial charge in [0.15, 0.2) is 0 Å². The van der Waals surface area contributed by atoms with E-state index in [0.717, 1.165) is 82.0 Å². The van der Waals surface area contributed by atoms with Gasteiger partial charge in [-0.15, -0.1) is 26.3 Å². The Kier molecular flexibility index (Phi) is 43.6. The van der Waals surface area contributed by atoms with Gasteiger partial charge in [0.2, 0.25) is 0 Å². The largest absolute Gasteiger partial charge is 0.402 e. The summed E-state index contributed by atoms with van der Waals surface area (Å²) in [7, 11) is 5.60. The first-order valence-electron chi connectivity index (χ1n) is 29.2. The Morgan fingerprint density at radius 3 is 2.01 bits per heavy atom. The van der Waals surface area contributed by atoms with E-state index < -0.39 is 0 Å². The third kappa shape index (κ3) is 28.5. The lowest BCUT2D eigenvalue weighted by Crippen LogP contribution is -2.45. The van der Waals surface area contributed by atoms with E-state index in [1.54, 1.807) is 6.26 Å². The second kappa shape index (κ2) is 43.6. The molecule has 5 rings (SSSR count). The molecule has 9 nitrogen and oxygen atoms in total. The number of fused-ring (bicyclic) bond motifs is 1. The molecule has 2 fully saturated rings. The average Bonchev–Trinajstić information content (AvgIpc) is 3.71. The minimum Gasteiger partial charge on any atom is -0.402 e. The molecular weight excluding hydrogens is 963 g/mol. The van der Waals surface area contributed by atoms with Crippen molar-refractivity contribution in [2.24, 2.45) is 40.5 Å². The van der Waals surface area contributed by atoms with E-state index in [-0.39, 0.29) is 11.0 Å². The number of aromatic nitrogens is 2. The molecule has 4 heterocycles. The van der Waals surface area contributed by atoms with Crippen LogP contribution in [0.1, 0.15) is 185 Å².